The lowest BCUT2D eigenvalue weighted by Crippen LogP contribution is -2.36. The van der Waals surface area contributed by atoms with Crippen molar-refractivity contribution in [1.82, 2.24) is 15.6 Å². The summed E-state index contributed by atoms with van der Waals surface area (Å²) in [6.07, 6.45) is 0. The molecule has 1 aromatic heterocycles. The molecule has 1 heterocycles. The van der Waals surface area contributed by atoms with E-state index in [9.17, 15) is 0 Å². The van der Waals surface area contributed by atoms with Crippen molar-refractivity contribution in [2.24, 2.45) is 4.99 Å². The molecule has 0 unspecified atom stereocenters. The van der Waals surface area contributed by atoms with Crippen molar-refractivity contribution in [2.75, 3.05) is 6.54 Å². The second-order valence-electron chi connectivity index (χ2n) is 7.10. The van der Waals surface area contributed by atoms with Crippen LogP contribution in [0.5, 0.6) is 0 Å². The zero-order valence-electron chi connectivity index (χ0n) is 17.9. The van der Waals surface area contributed by atoms with E-state index in [1.807, 2.05) is 45.0 Å². The first-order valence-electron chi connectivity index (χ1n) is 10.3. The van der Waals surface area contributed by atoms with Gasteiger partial charge in [0.05, 0.1) is 32.0 Å². The van der Waals surface area contributed by atoms with E-state index in [2.05, 4.69) is 50.9 Å². The molecule has 0 amide bonds. The number of rotatable bonds is 9. The normalized spacial score (nSPS) is 11.5. The topological polar surface area (TPSA) is 71.7 Å². The van der Waals surface area contributed by atoms with E-state index in [1.165, 1.54) is 5.56 Å². The summed E-state index contributed by atoms with van der Waals surface area (Å²) in [4.78, 5) is 9.08. The molecule has 0 spiro atoms. The molecule has 2 N–H and O–H groups in total. The maximum Gasteiger partial charge on any atom is 0.214 e. The van der Waals surface area contributed by atoms with E-state index in [0.717, 1.165) is 35.1 Å². The van der Waals surface area contributed by atoms with Crippen LogP contribution in [0.2, 0.25) is 0 Å². The fraction of sp³-hybridized carbons (Fsp3) is 0.333. The lowest BCUT2D eigenvalue weighted by Gasteiger charge is -2.10. The molecule has 3 aromatic rings. The third-order valence-corrected chi connectivity index (χ3v) is 4.62. The molecule has 0 bridgehead atoms. The number of hydrogen-bond donors (Lipinski definition) is 2. The van der Waals surface area contributed by atoms with Gasteiger partial charge < -0.3 is 19.8 Å². The summed E-state index contributed by atoms with van der Waals surface area (Å²) in [5.41, 5.74) is 4.37. The Balaban J connectivity index is 1.53. The van der Waals surface area contributed by atoms with Crippen molar-refractivity contribution < 1.29 is 9.15 Å². The molecule has 158 valence electrons. The van der Waals surface area contributed by atoms with Crippen molar-refractivity contribution in [2.45, 2.75) is 47.1 Å². The second kappa shape index (κ2) is 11.2. The van der Waals surface area contributed by atoms with Gasteiger partial charge in [-0.2, -0.15) is 0 Å². The molecule has 2 aromatic carbocycles. The summed E-state index contributed by atoms with van der Waals surface area (Å²) >= 11 is 0. The highest BCUT2D eigenvalue weighted by molar-refractivity contribution is 5.79. The molecule has 0 fully saturated rings. The van der Waals surface area contributed by atoms with Crippen LogP contribution in [0.1, 0.15) is 41.0 Å². The number of nitrogens with zero attached hydrogens (tertiary/aromatic N) is 2. The maximum atomic E-state index is 5.85. The van der Waals surface area contributed by atoms with Gasteiger partial charge in [0.25, 0.3) is 0 Å². The second-order valence-corrected chi connectivity index (χ2v) is 7.10. The first kappa shape index (κ1) is 21.6. The molecule has 30 heavy (non-hydrogen) atoms. The van der Waals surface area contributed by atoms with Crippen molar-refractivity contribution in [1.29, 1.82) is 0 Å². The minimum atomic E-state index is 0.494. The van der Waals surface area contributed by atoms with Crippen LogP contribution in [0.15, 0.2) is 64.0 Å². The third kappa shape index (κ3) is 6.74. The van der Waals surface area contributed by atoms with E-state index in [1.54, 1.807) is 0 Å². The Morgan fingerprint density at radius 1 is 0.967 bits per heavy atom. The number of aromatic nitrogens is 1. The van der Waals surface area contributed by atoms with Gasteiger partial charge in [0.2, 0.25) is 5.89 Å². The van der Waals surface area contributed by atoms with Gasteiger partial charge in [0.15, 0.2) is 5.96 Å². The van der Waals surface area contributed by atoms with E-state index in [-0.39, 0.29) is 0 Å². The molecule has 3 rings (SSSR count). The molecule has 0 atom stereocenters. The third-order valence-electron chi connectivity index (χ3n) is 4.62. The number of ether oxygens (including phenoxy) is 1. The molecule has 0 aliphatic heterocycles. The van der Waals surface area contributed by atoms with Gasteiger partial charge in [-0.1, -0.05) is 54.6 Å². The Kier molecular flexibility index (Phi) is 8.03. The Hall–Kier alpha value is -3.12. The van der Waals surface area contributed by atoms with Crippen LogP contribution in [-0.2, 0) is 31.0 Å². The smallest absolute Gasteiger partial charge is 0.214 e. The van der Waals surface area contributed by atoms with Crippen molar-refractivity contribution in [3.8, 4) is 0 Å². The average molecular weight is 407 g/mol. The van der Waals surface area contributed by atoms with Crippen LogP contribution in [-0.4, -0.2) is 17.5 Å². The lowest BCUT2D eigenvalue weighted by molar-refractivity contribution is 0.107. The standard InChI is InChI=1S/C24H30N4O2/c1-4-25-24(27-15-23-28-18(2)19(3)30-23)26-14-21-11-8-12-22(13-21)17-29-16-20-9-6-5-7-10-20/h5-13H,4,14-17H2,1-3H3,(H2,25,26,27). The minimum Gasteiger partial charge on any atom is -0.444 e. The number of aliphatic imine (C=N–C) groups is 1. The van der Waals surface area contributed by atoms with Crippen molar-refractivity contribution in [3.05, 3.63) is 88.6 Å². The molecule has 0 saturated heterocycles. The van der Waals surface area contributed by atoms with Crippen LogP contribution in [0.25, 0.3) is 0 Å². The predicted molar refractivity (Wildman–Crippen MR) is 119 cm³/mol. The summed E-state index contributed by atoms with van der Waals surface area (Å²) in [5.74, 6) is 2.24. The largest absolute Gasteiger partial charge is 0.444 e. The quantitative estimate of drug-likeness (QED) is 0.410. The SMILES string of the molecule is CCNC(=NCc1cccc(COCc2ccccc2)c1)NCc1nc(C)c(C)o1. The Bertz CT molecular complexity index is 931. The number of benzene rings is 2. The van der Waals surface area contributed by atoms with Gasteiger partial charge >= 0.3 is 0 Å². The summed E-state index contributed by atoms with van der Waals surface area (Å²) in [6.45, 7) is 8.94. The number of guanidine groups is 1. The lowest BCUT2D eigenvalue weighted by atomic mass is 10.1. The fourth-order valence-corrected chi connectivity index (χ4v) is 2.96. The monoisotopic (exact) mass is 406 g/mol. The Labute approximate surface area is 178 Å². The van der Waals surface area contributed by atoms with Gasteiger partial charge in [-0.25, -0.2) is 9.98 Å². The summed E-state index contributed by atoms with van der Waals surface area (Å²) < 4.78 is 11.5. The van der Waals surface area contributed by atoms with Crippen LogP contribution in [0.3, 0.4) is 0 Å². The van der Waals surface area contributed by atoms with E-state index < -0.39 is 0 Å². The highest BCUT2D eigenvalue weighted by atomic mass is 16.5. The van der Waals surface area contributed by atoms with Crippen LogP contribution in [0.4, 0.5) is 0 Å². The molecule has 0 aliphatic rings. The van der Waals surface area contributed by atoms with Crippen LogP contribution >= 0.6 is 0 Å². The molecular formula is C24H30N4O2. The predicted octanol–water partition coefficient (Wildman–Crippen LogP) is 4.26. The highest BCUT2D eigenvalue weighted by Crippen LogP contribution is 2.10. The summed E-state index contributed by atoms with van der Waals surface area (Å²) in [5, 5.41) is 6.53. The molecule has 6 nitrogen and oxygen atoms in total. The molecule has 6 heteroatoms. The summed E-state index contributed by atoms with van der Waals surface area (Å²) in [7, 11) is 0. The number of oxazole rings is 1. The summed E-state index contributed by atoms with van der Waals surface area (Å²) in [6, 6.07) is 18.5. The first-order valence-corrected chi connectivity index (χ1v) is 10.3. The van der Waals surface area contributed by atoms with E-state index >= 15 is 0 Å². The van der Waals surface area contributed by atoms with Crippen LogP contribution in [0, 0.1) is 13.8 Å². The molecular weight excluding hydrogens is 376 g/mol. The van der Waals surface area contributed by atoms with E-state index in [4.69, 9.17) is 9.15 Å². The highest BCUT2D eigenvalue weighted by Gasteiger charge is 2.06. The molecule has 0 radical (unpaired) electrons. The maximum absolute atomic E-state index is 5.85. The minimum absolute atomic E-state index is 0.494. The van der Waals surface area contributed by atoms with Crippen LogP contribution < -0.4 is 10.6 Å². The number of aryl methyl sites for hydroxylation is 2. The fourth-order valence-electron chi connectivity index (χ4n) is 2.96. The number of hydrogen-bond acceptors (Lipinski definition) is 4. The van der Waals surface area contributed by atoms with Gasteiger partial charge in [-0.3, -0.25) is 0 Å². The van der Waals surface area contributed by atoms with Gasteiger partial charge in [0.1, 0.15) is 5.76 Å². The van der Waals surface area contributed by atoms with Gasteiger partial charge in [-0.05, 0) is 37.5 Å². The zero-order chi connectivity index (χ0) is 21.2. The number of nitrogens with one attached hydrogen (secondary N) is 2. The van der Waals surface area contributed by atoms with Crippen molar-refractivity contribution in [3.63, 3.8) is 0 Å². The molecule has 0 saturated carbocycles. The Morgan fingerprint density at radius 2 is 1.70 bits per heavy atom. The van der Waals surface area contributed by atoms with Gasteiger partial charge in [0, 0.05) is 6.54 Å². The molecule has 0 aliphatic carbocycles. The first-order chi connectivity index (χ1) is 14.6. The average Bonchev–Trinajstić information content (AvgIpc) is 3.08. The van der Waals surface area contributed by atoms with E-state index in [0.29, 0.717) is 32.2 Å². The van der Waals surface area contributed by atoms with Crippen molar-refractivity contribution >= 4 is 5.96 Å². The Morgan fingerprint density at radius 3 is 2.43 bits per heavy atom. The van der Waals surface area contributed by atoms with Gasteiger partial charge in [-0.15, -0.1) is 0 Å². The zero-order valence-corrected chi connectivity index (χ0v) is 17.9.